The molecule has 0 saturated heterocycles. The molecule has 0 fully saturated rings. The van der Waals surface area contributed by atoms with E-state index >= 15 is 0 Å². The van der Waals surface area contributed by atoms with Crippen LogP contribution < -0.4 is 5.32 Å². The number of imidazole rings is 1. The van der Waals surface area contributed by atoms with Gasteiger partial charge in [-0.3, -0.25) is 0 Å². The molecule has 17 heavy (non-hydrogen) atoms. The summed E-state index contributed by atoms with van der Waals surface area (Å²) in [6, 6.07) is 6.54. The minimum absolute atomic E-state index is 0.936. The summed E-state index contributed by atoms with van der Waals surface area (Å²) in [5.41, 5.74) is 3.85. The van der Waals surface area contributed by atoms with Crippen LogP contribution in [0.5, 0.6) is 0 Å². The van der Waals surface area contributed by atoms with Gasteiger partial charge >= 0.3 is 0 Å². The van der Waals surface area contributed by atoms with Gasteiger partial charge < -0.3 is 9.88 Å². The molecule has 3 nitrogen and oxygen atoms in total. The van der Waals surface area contributed by atoms with Gasteiger partial charge in [-0.05, 0) is 43.7 Å². The normalized spacial score (nSPS) is 10.8. The third-order valence-corrected chi connectivity index (χ3v) is 3.00. The highest BCUT2D eigenvalue weighted by Gasteiger charge is 2.03. The quantitative estimate of drug-likeness (QED) is 0.873. The van der Waals surface area contributed by atoms with Crippen molar-refractivity contribution in [2.24, 2.45) is 0 Å². The molecule has 0 amide bonds. The second kappa shape index (κ2) is 5.15. The molecule has 1 aromatic heterocycles. The number of aromatic nitrogens is 2. The van der Waals surface area contributed by atoms with E-state index in [-0.39, 0.29) is 0 Å². The van der Waals surface area contributed by atoms with Gasteiger partial charge in [0, 0.05) is 24.6 Å². The maximum Gasteiger partial charge on any atom is 0.110 e. The first-order valence-corrected chi connectivity index (χ1v) is 6.03. The zero-order chi connectivity index (χ0) is 12.3. The van der Waals surface area contributed by atoms with Crippen LogP contribution in [0, 0.1) is 13.8 Å². The number of nitrogens with one attached hydrogen (secondary N) is 1. The predicted octanol–water partition coefficient (Wildman–Crippen LogP) is 2.60. The molecule has 0 radical (unpaired) electrons. The molecule has 0 atom stereocenters. The zero-order valence-electron chi connectivity index (χ0n) is 10.7. The first-order chi connectivity index (χ1) is 8.22. The van der Waals surface area contributed by atoms with Crippen molar-refractivity contribution in [1.29, 1.82) is 0 Å². The standard InChI is InChI=1S/C14H19N3/c1-4-15-10-13-5-6-14(9-11(13)2)17-8-7-16-12(17)3/h5-9,15H,4,10H2,1-3H3. The van der Waals surface area contributed by atoms with Gasteiger partial charge in [0.25, 0.3) is 0 Å². The van der Waals surface area contributed by atoms with Gasteiger partial charge in [0.1, 0.15) is 5.82 Å². The molecular formula is C14H19N3. The average Bonchev–Trinajstić information content (AvgIpc) is 2.74. The van der Waals surface area contributed by atoms with Crippen LogP contribution in [0.25, 0.3) is 5.69 Å². The lowest BCUT2D eigenvalue weighted by Crippen LogP contribution is -2.12. The average molecular weight is 229 g/mol. The predicted molar refractivity (Wildman–Crippen MR) is 70.4 cm³/mol. The molecular weight excluding hydrogens is 210 g/mol. The van der Waals surface area contributed by atoms with Crippen molar-refractivity contribution in [1.82, 2.24) is 14.9 Å². The minimum atomic E-state index is 0.936. The van der Waals surface area contributed by atoms with Crippen LogP contribution in [0.4, 0.5) is 0 Å². The summed E-state index contributed by atoms with van der Waals surface area (Å²) >= 11 is 0. The smallest absolute Gasteiger partial charge is 0.110 e. The van der Waals surface area contributed by atoms with E-state index in [1.807, 2.05) is 19.3 Å². The second-order valence-electron chi connectivity index (χ2n) is 4.24. The Labute approximate surface area is 103 Å². The lowest BCUT2D eigenvalue weighted by atomic mass is 10.1. The number of hydrogen-bond acceptors (Lipinski definition) is 2. The Kier molecular flexibility index (Phi) is 3.59. The summed E-state index contributed by atoms with van der Waals surface area (Å²) < 4.78 is 2.10. The van der Waals surface area contributed by atoms with Crippen molar-refractivity contribution < 1.29 is 0 Å². The molecule has 0 aliphatic heterocycles. The Bertz CT molecular complexity index is 500. The molecule has 1 N–H and O–H groups in total. The summed E-state index contributed by atoms with van der Waals surface area (Å²) in [5, 5.41) is 3.35. The van der Waals surface area contributed by atoms with Gasteiger partial charge in [-0.1, -0.05) is 13.0 Å². The SMILES string of the molecule is CCNCc1ccc(-n2ccnc2C)cc1C. The molecule has 0 bridgehead atoms. The molecule has 2 rings (SSSR count). The van der Waals surface area contributed by atoms with Gasteiger partial charge in [0.2, 0.25) is 0 Å². The molecule has 2 aromatic rings. The summed E-state index contributed by atoms with van der Waals surface area (Å²) in [5.74, 6) is 1.02. The summed E-state index contributed by atoms with van der Waals surface area (Å²) in [4.78, 5) is 4.25. The van der Waals surface area contributed by atoms with Crippen molar-refractivity contribution in [3.63, 3.8) is 0 Å². The first kappa shape index (κ1) is 11.9. The maximum absolute atomic E-state index is 4.25. The molecule has 90 valence electrons. The highest BCUT2D eigenvalue weighted by atomic mass is 15.1. The van der Waals surface area contributed by atoms with Crippen LogP contribution in [-0.2, 0) is 6.54 Å². The van der Waals surface area contributed by atoms with Gasteiger partial charge in [0.05, 0.1) is 0 Å². The lowest BCUT2D eigenvalue weighted by molar-refractivity contribution is 0.723. The minimum Gasteiger partial charge on any atom is -0.313 e. The molecule has 1 aromatic carbocycles. The maximum atomic E-state index is 4.25. The van der Waals surface area contributed by atoms with E-state index < -0.39 is 0 Å². The van der Waals surface area contributed by atoms with Crippen LogP contribution in [-0.4, -0.2) is 16.1 Å². The fourth-order valence-corrected chi connectivity index (χ4v) is 1.94. The number of benzene rings is 1. The van der Waals surface area contributed by atoms with Crippen LogP contribution in [0.3, 0.4) is 0 Å². The van der Waals surface area contributed by atoms with E-state index in [0.29, 0.717) is 0 Å². The summed E-state index contributed by atoms with van der Waals surface area (Å²) in [6.07, 6.45) is 3.82. The second-order valence-corrected chi connectivity index (χ2v) is 4.24. The highest BCUT2D eigenvalue weighted by Crippen LogP contribution is 2.16. The lowest BCUT2D eigenvalue weighted by Gasteiger charge is -2.10. The summed E-state index contributed by atoms with van der Waals surface area (Å²) in [6.45, 7) is 8.23. The largest absolute Gasteiger partial charge is 0.313 e. The molecule has 0 saturated carbocycles. The molecule has 0 spiro atoms. The Balaban J connectivity index is 2.28. The summed E-state index contributed by atoms with van der Waals surface area (Å²) in [7, 11) is 0. The van der Waals surface area contributed by atoms with E-state index in [1.165, 1.54) is 16.8 Å². The van der Waals surface area contributed by atoms with Gasteiger partial charge in [-0.15, -0.1) is 0 Å². The van der Waals surface area contributed by atoms with Crippen LogP contribution in [0.2, 0.25) is 0 Å². The molecule has 3 heteroatoms. The van der Waals surface area contributed by atoms with E-state index in [2.05, 4.69) is 46.9 Å². The van der Waals surface area contributed by atoms with E-state index in [9.17, 15) is 0 Å². The number of aryl methyl sites for hydroxylation is 2. The molecule has 0 aliphatic rings. The Morgan fingerprint density at radius 3 is 2.71 bits per heavy atom. The third kappa shape index (κ3) is 2.56. The number of rotatable bonds is 4. The third-order valence-electron chi connectivity index (χ3n) is 3.00. The number of hydrogen-bond donors (Lipinski definition) is 1. The topological polar surface area (TPSA) is 29.9 Å². The number of nitrogens with zero attached hydrogens (tertiary/aromatic N) is 2. The van der Waals surface area contributed by atoms with Crippen LogP contribution in [0.15, 0.2) is 30.6 Å². The zero-order valence-corrected chi connectivity index (χ0v) is 10.7. The first-order valence-electron chi connectivity index (χ1n) is 6.03. The van der Waals surface area contributed by atoms with Crippen molar-refractivity contribution in [2.75, 3.05) is 6.54 Å². The van der Waals surface area contributed by atoms with Crippen molar-refractivity contribution >= 4 is 0 Å². The molecule has 0 aliphatic carbocycles. The van der Waals surface area contributed by atoms with E-state index in [1.54, 1.807) is 0 Å². The van der Waals surface area contributed by atoms with E-state index in [4.69, 9.17) is 0 Å². The molecule has 0 unspecified atom stereocenters. The fraction of sp³-hybridized carbons (Fsp3) is 0.357. The Morgan fingerprint density at radius 1 is 1.29 bits per heavy atom. The van der Waals surface area contributed by atoms with Crippen LogP contribution in [0.1, 0.15) is 23.9 Å². The molecule has 1 heterocycles. The van der Waals surface area contributed by atoms with Gasteiger partial charge in [-0.25, -0.2) is 4.98 Å². The Hall–Kier alpha value is -1.61. The fourth-order valence-electron chi connectivity index (χ4n) is 1.94. The monoisotopic (exact) mass is 229 g/mol. The van der Waals surface area contributed by atoms with Gasteiger partial charge in [-0.2, -0.15) is 0 Å². The van der Waals surface area contributed by atoms with Crippen LogP contribution >= 0.6 is 0 Å². The Morgan fingerprint density at radius 2 is 2.12 bits per heavy atom. The van der Waals surface area contributed by atoms with Crippen molar-refractivity contribution in [3.8, 4) is 5.69 Å². The van der Waals surface area contributed by atoms with Crippen molar-refractivity contribution in [2.45, 2.75) is 27.3 Å². The van der Waals surface area contributed by atoms with Crippen molar-refractivity contribution in [3.05, 3.63) is 47.5 Å². The van der Waals surface area contributed by atoms with Gasteiger partial charge in [0.15, 0.2) is 0 Å². The van der Waals surface area contributed by atoms with E-state index in [0.717, 1.165) is 18.9 Å². The highest BCUT2D eigenvalue weighted by molar-refractivity contribution is 5.40.